The Kier molecular flexibility index (Phi) is 4.35. The van der Waals surface area contributed by atoms with Crippen LogP contribution in [0.5, 0.6) is 0 Å². The van der Waals surface area contributed by atoms with Crippen molar-refractivity contribution in [2.75, 3.05) is 26.7 Å². The molecule has 2 rings (SSSR count). The lowest BCUT2D eigenvalue weighted by Crippen LogP contribution is -2.40. The van der Waals surface area contributed by atoms with Crippen molar-refractivity contribution in [2.24, 2.45) is 0 Å². The van der Waals surface area contributed by atoms with Gasteiger partial charge in [-0.05, 0) is 37.4 Å². The molecular formula is C12H20N2OS. The van der Waals surface area contributed by atoms with E-state index in [2.05, 4.69) is 29.0 Å². The van der Waals surface area contributed by atoms with Crippen LogP contribution in [-0.4, -0.2) is 32.8 Å². The van der Waals surface area contributed by atoms with Gasteiger partial charge < -0.3 is 15.4 Å². The monoisotopic (exact) mass is 240 g/mol. The maximum absolute atomic E-state index is 5.75. The Morgan fingerprint density at radius 1 is 1.69 bits per heavy atom. The van der Waals surface area contributed by atoms with E-state index in [0.29, 0.717) is 12.1 Å². The summed E-state index contributed by atoms with van der Waals surface area (Å²) >= 11 is 1.83. The first kappa shape index (κ1) is 12.0. The summed E-state index contributed by atoms with van der Waals surface area (Å²) in [6.07, 6.45) is 1.39. The molecule has 1 fully saturated rings. The quantitative estimate of drug-likeness (QED) is 0.840. The lowest BCUT2D eigenvalue weighted by atomic mass is 10.0. The molecule has 90 valence electrons. The van der Waals surface area contributed by atoms with Gasteiger partial charge in [-0.3, -0.25) is 0 Å². The highest BCUT2D eigenvalue weighted by atomic mass is 32.1. The van der Waals surface area contributed by atoms with Gasteiger partial charge in [0.05, 0.1) is 12.7 Å². The lowest BCUT2D eigenvalue weighted by Gasteiger charge is -2.27. The summed E-state index contributed by atoms with van der Waals surface area (Å²) in [5.41, 5.74) is 1.38. The Labute approximate surface area is 101 Å². The van der Waals surface area contributed by atoms with E-state index < -0.39 is 0 Å². The van der Waals surface area contributed by atoms with Gasteiger partial charge >= 0.3 is 0 Å². The molecule has 0 aliphatic carbocycles. The molecule has 1 aromatic heterocycles. The van der Waals surface area contributed by atoms with Gasteiger partial charge in [-0.1, -0.05) is 0 Å². The van der Waals surface area contributed by atoms with Crippen molar-refractivity contribution in [3.05, 3.63) is 21.9 Å². The summed E-state index contributed by atoms with van der Waals surface area (Å²) in [6, 6.07) is 2.61. The highest BCUT2D eigenvalue weighted by molar-refractivity contribution is 7.10. The van der Waals surface area contributed by atoms with Crippen LogP contribution in [0.1, 0.15) is 22.9 Å². The predicted octanol–water partition coefficient (Wildman–Crippen LogP) is 1.70. The number of nitrogens with one attached hydrogen (secondary N) is 2. The third kappa shape index (κ3) is 2.83. The van der Waals surface area contributed by atoms with Crippen LogP contribution in [0.3, 0.4) is 0 Å². The van der Waals surface area contributed by atoms with Gasteiger partial charge in [0.25, 0.3) is 0 Å². The number of morpholine rings is 1. The Balaban J connectivity index is 1.97. The first-order valence-electron chi connectivity index (χ1n) is 5.85. The van der Waals surface area contributed by atoms with Crippen LogP contribution >= 0.6 is 11.3 Å². The molecule has 1 aliphatic rings. The van der Waals surface area contributed by atoms with Gasteiger partial charge in [0, 0.05) is 24.0 Å². The molecule has 0 radical (unpaired) electrons. The molecule has 2 unspecified atom stereocenters. The van der Waals surface area contributed by atoms with Crippen LogP contribution < -0.4 is 10.6 Å². The van der Waals surface area contributed by atoms with Crippen molar-refractivity contribution in [3.63, 3.8) is 0 Å². The molecule has 2 atom stereocenters. The van der Waals surface area contributed by atoms with Crippen molar-refractivity contribution in [3.8, 4) is 0 Å². The Hall–Kier alpha value is -0.420. The molecule has 1 aliphatic heterocycles. The molecule has 3 nitrogen and oxygen atoms in total. The highest BCUT2D eigenvalue weighted by Crippen LogP contribution is 2.27. The number of hydrogen-bond acceptors (Lipinski definition) is 4. The third-order valence-electron chi connectivity index (χ3n) is 3.07. The Morgan fingerprint density at radius 2 is 2.56 bits per heavy atom. The minimum Gasteiger partial charge on any atom is -0.376 e. The summed E-state index contributed by atoms with van der Waals surface area (Å²) in [5.74, 6) is 0. The van der Waals surface area contributed by atoms with Gasteiger partial charge in [0.15, 0.2) is 0 Å². The molecule has 2 N–H and O–H groups in total. The summed E-state index contributed by atoms with van der Waals surface area (Å²) in [5, 5.41) is 8.93. The SMILES string of the molecule is CNC(CC1CNCCO1)c1sccc1C. The highest BCUT2D eigenvalue weighted by Gasteiger charge is 2.21. The zero-order valence-corrected chi connectivity index (χ0v) is 10.8. The number of aryl methyl sites for hydroxylation is 1. The zero-order valence-electron chi connectivity index (χ0n) is 9.95. The van der Waals surface area contributed by atoms with Gasteiger partial charge in [-0.2, -0.15) is 0 Å². The molecular weight excluding hydrogens is 220 g/mol. The van der Waals surface area contributed by atoms with Crippen LogP contribution in [0, 0.1) is 6.92 Å². The summed E-state index contributed by atoms with van der Waals surface area (Å²) < 4.78 is 5.75. The normalized spacial score (nSPS) is 23.2. The van der Waals surface area contributed by atoms with Gasteiger partial charge in [0.2, 0.25) is 0 Å². The molecule has 1 saturated heterocycles. The number of thiophene rings is 1. The smallest absolute Gasteiger partial charge is 0.0718 e. The van der Waals surface area contributed by atoms with Crippen molar-refractivity contribution in [1.29, 1.82) is 0 Å². The summed E-state index contributed by atoms with van der Waals surface area (Å²) in [6.45, 7) is 4.97. The van der Waals surface area contributed by atoms with Gasteiger partial charge in [-0.15, -0.1) is 11.3 Å². The van der Waals surface area contributed by atoms with Crippen LogP contribution in [0.2, 0.25) is 0 Å². The Morgan fingerprint density at radius 3 is 3.12 bits per heavy atom. The predicted molar refractivity (Wildman–Crippen MR) is 68.1 cm³/mol. The minimum atomic E-state index is 0.340. The average molecular weight is 240 g/mol. The number of ether oxygens (including phenoxy) is 1. The van der Waals surface area contributed by atoms with E-state index in [9.17, 15) is 0 Å². The fourth-order valence-corrected chi connectivity index (χ4v) is 3.18. The fraction of sp³-hybridized carbons (Fsp3) is 0.667. The van der Waals surface area contributed by atoms with Crippen molar-refractivity contribution in [1.82, 2.24) is 10.6 Å². The summed E-state index contributed by atoms with van der Waals surface area (Å²) in [7, 11) is 2.03. The first-order chi connectivity index (χ1) is 7.81. The molecule has 2 heterocycles. The topological polar surface area (TPSA) is 33.3 Å². The van der Waals surface area contributed by atoms with Crippen LogP contribution in [-0.2, 0) is 4.74 Å². The first-order valence-corrected chi connectivity index (χ1v) is 6.73. The van der Waals surface area contributed by atoms with E-state index in [4.69, 9.17) is 4.74 Å². The second-order valence-electron chi connectivity index (χ2n) is 4.24. The van der Waals surface area contributed by atoms with Crippen LogP contribution in [0.4, 0.5) is 0 Å². The Bertz CT molecular complexity index is 321. The second-order valence-corrected chi connectivity index (χ2v) is 5.19. The van der Waals surface area contributed by atoms with E-state index in [0.717, 1.165) is 26.1 Å². The molecule has 4 heteroatoms. The fourth-order valence-electron chi connectivity index (χ4n) is 2.13. The van der Waals surface area contributed by atoms with E-state index >= 15 is 0 Å². The lowest BCUT2D eigenvalue weighted by molar-refractivity contribution is 0.0178. The largest absolute Gasteiger partial charge is 0.376 e. The van der Waals surface area contributed by atoms with E-state index in [1.54, 1.807) is 0 Å². The molecule has 0 aromatic carbocycles. The number of hydrogen-bond donors (Lipinski definition) is 2. The minimum absolute atomic E-state index is 0.340. The maximum Gasteiger partial charge on any atom is 0.0718 e. The molecule has 0 saturated carbocycles. The van der Waals surface area contributed by atoms with Crippen molar-refractivity contribution < 1.29 is 4.74 Å². The van der Waals surface area contributed by atoms with Gasteiger partial charge in [0.1, 0.15) is 0 Å². The zero-order chi connectivity index (χ0) is 11.4. The van der Waals surface area contributed by atoms with Crippen LogP contribution in [0.15, 0.2) is 11.4 Å². The van der Waals surface area contributed by atoms with Gasteiger partial charge in [-0.25, -0.2) is 0 Å². The van der Waals surface area contributed by atoms with Crippen LogP contribution in [0.25, 0.3) is 0 Å². The van der Waals surface area contributed by atoms with E-state index in [1.165, 1.54) is 10.4 Å². The van der Waals surface area contributed by atoms with E-state index in [1.807, 2.05) is 18.4 Å². The van der Waals surface area contributed by atoms with E-state index in [-0.39, 0.29) is 0 Å². The maximum atomic E-state index is 5.75. The standard InChI is InChI=1S/C12H20N2OS/c1-9-3-6-16-12(9)11(13-2)7-10-8-14-4-5-15-10/h3,6,10-11,13-14H,4-5,7-8H2,1-2H3. The molecule has 0 bridgehead atoms. The average Bonchev–Trinajstić information content (AvgIpc) is 2.74. The number of rotatable bonds is 4. The molecule has 1 aromatic rings. The third-order valence-corrected chi connectivity index (χ3v) is 4.20. The molecule has 0 spiro atoms. The van der Waals surface area contributed by atoms with Crippen molar-refractivity contribution in [2.45, 2.75) is 25.5 Å². The van der Waals surface area contributed by atoms with Crippen molar-refractivity contribution >= 4 is 11.3 Å². The molecule has 16 heavy (non-hydrogen) atoms. The second kappa shape index (κ2) is 5.77. The summed E-state index contributed by atoms with van der Waals surface area (Å²) in [4.78, 5) is 1.44. The molecule has 0 amide bonds.